The SMILES string of the molecule is NC(=O)CNCC(=O)OCc1cccs1. The smallest absolute Gasteiger partial charge is 0.320 e. The van der Waals surface area contributed by atoms with Gasteiger partial charge in [0.2, 0.25) is 5.91 Å². The van der Waals surface area contributed by atoms with E-state index in [1.807, 2.05) is 17.5 Å². The summed E-state index contributed by atoms with van der Waals surface area (Å²) in [5.41, 5.74) is 4.88. The first-order valence-corrected chi connectivity index (χ1v) is 5.23. The first-order valence-electron chi connectivity index (χ1n) is 4.35. The van der Waals surface area contributed by atoms with Crippen molar-refractivity contribution in [1.29, 1.82) is 0 Å². The summed E-state index contributed by atoms with van der Waals surface area (Å²) in [4.78, 5) is 22.4. The number of nitrogens with one attached hydrogen (secondary N) is 1. The quantitative estimate of drug-likeness (QED) is 0.664. The molecule has 0 radical (unpaired) electrons. The molecule has 82 valence electrons. The highest BCUT2D eigenvalue weighted by molar-refractivity contribution is 7.09. The summed E-state index contributed by atoms with van der Waals surface area (Å²) in [6.45, 7) is 0.247. The van der Waals surface area contributed by atoms with E-state index >= 15 is 0 Å². The number of hydrogen-bond donors (Lipinski definition) is 2. The molecule has 5 nitrogen and oxygen atoms in total. The fraction of sp³-hybridized carbons (Fsp3) is 0.333. The molecule has 6 heteroatoms. The first kappa shape index (κ1) is 11.7. The molecule has 0 aliphatic carbocycles. The molecule has 0 saturated carbocycles. The standard InChI is InChI=1S/C9H12N2O3S/c10-8(12)4-11-5-9(13)14-6-7-2-1-3-15-7/h1-3,11H,4-6H2,(H2,10,12). The second kappa shape index (κ2) is 6.15. The number of rotatable bonds is 6. The molecule has 0 spiro atoms. The maximum absolute atomic E-state index is 11.1. The highest BCUT2D eigenvalue weighted by Crippen LogP contribution is 2.09. The Bertz CT molecular complexity index is 324. The van der Waals surface area contributed by atoms with Crippen LogP contribution in [0.4, 0.5) is 0 Å². The van der Waals surface area contributed by atoms with Gasteiger partial charge in [-0.2, -0.15) is 0 Å². The van der Waals surface area contributed by atoms with Crippen LogP contribution in [0, 0.1) is 0 Å². The zero-order valence-corrected chi connectivity index (χ0v) is 8.88. The Labute approximate surface area is 91.2 Å². The molecular weight excluding hydrogens is 216 g/mol. The number of amides is 1. The molecule has 0 fully saturated rings. The molecule has 1 heterocycles. The number of thiophene rings is 1. The first-order chi connectivity index (χ1) is 7.18. The molecule has 0 atom stereocenters. The van der Waals surface area contributed by atoms with Crippen LogP contribution >= 0.6 is 11.3 Å². The number of carbonyl (C=O) groups excluding carboxylic acids is 2. The van der Waals surface area contributed by atoms with E-state index in [0.717, 1.165) is 4.88 Å². The van der Waals surface area contributed by atoms with E-state index < -0.39 is 11.9 Å². The van der Waals surface area contributed by atoms with E-state index in [0.29, 0.717) is 0 Å². The Morgan fingerprint density at radius 3 is 2.87 bits per heavy atom. The predicted octanol–water partition coefficient (Wildman–Crippen LogP) is -0.134. The van der Waals surface area contributed by atoms with Crippen LogP contribution in [0.3, 0.4) is 0 Å². The third kappa shape index (κ3) is 5.14. The Morgan fingerprint density at radius 2 is 2.27 bits per heavy atom. The van der Waals surface area contributed by atoms with Gasteiger partial charge in [0.05, 0.1) is 13.1 Å². The van der Waals surface area contributed by atoms with Gasteiger partial charge in [0.25, 0.3) is 0 Å². The zero-order chi connectivity index (χ0) is 11.1. The summed E-state index contributed by atoms with van der Waals surface area (Å²) in [7, 11) is 0. The zero-order valence-electron chi connectivity index (χ0n) is 8.06. The van der Waals surface area contributed by atoms with Gasteiger partial charge in [-0.15, -0.1) is 11.3 Å². The predicted molar refractivity (Wildman–Crippen MR) is 56.2 cm³/mol. The van der Waals surface area contributed by atoms with E-state index in [4.69, 9.17) is 10.5 Å². The lowest BCUT2D eigenvalue weighted by Gasteiger charge is -2.03. The fourth-order valence-electron chi connectivity index (χ4n) is 0.885. The molecule has 1 aromatic rings. The maximum atomic E-state index is 11.1. The lowest BCUT2D eigenvalue weighted by molar-refractivity contribution is -0.143. The summed E-state index contributed by atoms with van der Waals surface area (Å²) >= 11 is 1.52. The van der Waals surface area contributed by atoms with Crippen molar-refractivity contribution in [2.45, 2.75) is 6.61 Å². The minimum Gasteiger partial charge on any atom is -0.459 e. The van der Waals surface area contributed by atoms with Crippen LogP contribution in [0.2, 0.25) is 0 Å². The van der Waals surface area contributed by atoms with Crippen LogP contribution in [0.15, 0.2) is 17.5 Å². The van der Waals surface area contributed by atoms with E-state index in [-0.39, 0.29) is 19.7 Å². The second-order valence-corrected chi connectivity index (χ2v) is 3.84. The van der Waals surface area contributed by atoms with Crippen molar-refractivity contribution in [3.8, 4) is 0 Å². The van der Waals surface area contributed by atoms with E-state index in [9.17, 15) is 9.59 Å². The normalized spacial score (nSPS) is 9.87. The van der Waals surface area contributed by atoms with Crippen molar-refractivity contribution >= 4 is 23.2 Å². The van der Waals surface area contributed by atoms with Gasteiger partial charge < -0.3 is 10.5 Å². The maximum Gasteiger partial charge on any atom is 0.320 e. The van der Waals surface area contributed by atoms with Gasteiger partial charge in [0.1, 0.15) is 6.61 Å². The Hall–Kier alpha value is -1.40. The van der Waals surface area contributed by atoms with E-state index in [1.54, 1.807) is 0 Å². The molecule has 0 saturated heterocycles. The lowest BCUT2D eigenvalue weighted by Crippen LogP contribution is -2.33. The van der Waals surface area contributed by atoms with Crippen LogP contribution < -0.4 is 11.1 Å². The van der Waals surface area contributed by atoms with Crippen molar-refractivity contribution in [1.82, 2.24) is 5.32 Å². The lowest BCUT2D eigenvalue weighted by atomic mass is 10.5. The molecule has 1 rings (SSSR count). The van der Waals surface area contributed by atoms with Crippen LogP contribution in [-0.2, 0) is 20.9 Å². The van der Waals surface area contributed by atoms with Gasteiger partial charge in [-0.3, -0.25) is 14.9 Å². The molecule has 0 aliphatic heterocycles. The number of carbonyl (C=O) groups is 2. The van der Waals surface area contributed by atoms with Crippen molar-refractivity contribution in [2.75, 3.05) is 13.1 Å². The Kier molecular flexibility index (Phi) is 4.79. The summed E-state index contributed by atoms with van der Waals surface area (Å²) in [5, 5.41) is 4.48. The molecule has 1 aromatic heterocycles. The number of primary amides is 1. The highest BCUT2D eigenvalue weighted by atomic mass is 32.1. The fourth-order valence-corrected chi connectivity index (χ4v) is 1.50. The van der Waals surface area contributed by atoms with Crippen LogP contribution in [0.1, 0.15) is 4.88 Å². The summed E-state index contributed by atoms with van der Waals surface area (Å²) in [6.07, 6.45) is 0. The van der Waals surface area contributed by atoms with Crippen molar-refractivity contribution in [3.63, 3.8) is 0 Å². The number of esters is 1. The van der Waals surface area contributed by atoms with Gasteiger partial charge in [0.15, 0.2) is 0 Å². The summed E-state index contributed by atoms with van der Waals surface area (Å²) in [5.74, 6) is -0.897. The summed E-state index contributed by atoms with van der Waals surface area (Å²) < 4.78 is 4.93. The van der Waals surface area contributed by atoms with Crippen molar-refractivity contribution < 1.29 is 14.3 Å². The third-order valence-corrected chi connectivity index (χ3v) is 2.37. The van der Waals surface area contributed by atoms with Gasteiger partial charge in [0, 0.05) is 4.88 Å². The van der Waals surface area contributed by atoms with Crippen molar-refractivity contribution in [2.24, 2.45) is 5.73 Å². The average Bonchev–Trinajstić information content (AvgIpc) is 2.66. The minimum atomic E-state index is -0.499. The average molecular weight is 228 g/mol. The Balaban J connectivity index is 2.11. The number of hydrogen-bond acceptors (Lipinski definition) is 5. The largest absolute Gasteiger partial charge is 0.459 e. The molecule has 0 aliphatic rings. The molecule has 0 bridgehead atoms. The second-order valence-electron chi connectivity index (χ2n) is 2.81. The monoisotopic (exact) mass is 228 g/mol. The van der Waals surface area contributed by atoms with Crippen LogP contribution in [0.5, 0.6) is 0 Å². The van der Waals surface area contributed by atoms with Crippen LogP contribution in [-0.4, -0.2) is 25.0 Å². The van der Waals surface area contributed by atoms with Crippen molar-refractivity contribution in [3.05, 3.63) is 22.4 Å². The molecule has 0 aromatic carbocycles. The van der Waals surface area contributed by atoms with Gasteiger partial charge >= 0.3 is 5.97 Å². The third-order valence-electron chi connectivity index (χ3n) is 1.52. The molecule has 1 amide bonds. The molecule has 0 unspecified atom stereocenters. The number of nitrogens with two attached hydrogens (primary N) is 1. The molecule has 3 N–H and O–H groups in total. The highest BCUT2D eigenvalue weighted by Gasteiger charge is 2.03. The van der Waals surface area contributed by atoms with E-state index in [1.165, 1.54) is 11.3 Å². The topological polar surface area (TPSA) is 81.4 Å². The number of ether oxygens (including phenoxy) is 1. The molecular formula is C9H12N2O3S. The van der Waals surface area contributed by atoms with Gasteiger partial charge in [-0.1, -0.05) is 6.07 Å². The Morgan fingerprint density at radius 1 is 1.47 bits per heavy atom. The molecule has 15 heavy (non-hydrogen) atoms. The van der Waals surface area contributed by atoms with Crippen LogP contribution in [0.25, 0.3) is 0 Å². The van der Waals surface area contributed by atoms with Gasteiger partial charge in [-0.05, 0) is 11.4 Å². The van der Waals surface area contributed by atoms with Gasteiger partial charge in [-0.25, -0.2) is 0 Å². The minimum absolute atomic E-state index is 0.00564. The summed E-state index contributed by atoms with van der Waals surface area (Å²) in [6, 6.07) is 3.77. The van der Waals surface area contributed by atoms with E-state index in [2.05, 4.69) is 5.32 Å².